The molecule has 96 valence electrons. The minimum absolute atomic E-state index is 0.217. The number of hydrogen-bond donors (Lipinski definition) is 0. The van der Waals surface area contributed by atoms with Crippen LogP contribution < -0.4 is 0 Å². The SMILES string of the molecule is CCOC(=O)C(C)(C#N)c1nncc2ccccc12. The van der Waals surface area contributed by atoms with Crippen LogP contribution in [0.1, 0.15) is 19.5 Å². The van der Waals surface area contributed by atoms with E-state index in [2.05, 4.69) is 10.2 Å². The molecule has 0 saturated carbocycles. The molecule has 0 aliphatic carbocycles. The molecular weight excluding hydrogens is 242 g/mol. The molecule has 1 aromatic heterocycles. The van der Waals surface area contributed by atoms with Crippen LogP contribution in [-0.2, 0) is 14.9 Å². The molecule has 5 heteroatoms. The Morgan fingerprint density at radius 3 is 2.89 bits per heavy atom. The van der Waals surface area contributed by atoms with E-state index >= 15 is 0 Å². The van der Waals surface area contributed by atoms with Crippen LogP contribution >= 0.6 is 0 Å². The van der Waals surface area contributed by atoms with Gasteiger partial charge in [0.1, 0.15) is 5.69 Å². The first-order valence-corrected chi connectivity index (χ1v) is 5.93. The molecule has 0 aliphatic heterocycles. The number of fused-ring (bicyclic) bond motifs is 1. The van der Waals surface area contributed by atoms with Gasteiger partial charge in [0.2, 0.25) is 0 Å². The second kappa shape index (κ2) is 5.02. The molecule has 0 N–H and O–H groups in total. The predicted octanol–water partition coefficient (Wildman–Crippen LogP) is 1.97. The average molecular weight is 255 g/mol. The van der Waals surface area contributed by atoms with Crippen LogP contribution in [0, 0.1) is 11.3 Å². The van der Waals surface area contributed by atoms with E-state index in [0.29, 0.717) is 5.69 Å². The summed E-state index contributed by atoms with van der Waals surface area (Å²) in [5.41, 5.74) is -1.13. The highest BCUT2D eigenvalue weighted by Crippen LogP contribution is 2.28. The van der Waals surface area contributed by atoms with E-state index in [-0.39, 0.29) is 6.61 Å². The Bertz CT molecular complexity index is 658. The molecule has 5 nitrogen and oxygen atoms in total. The van der Waals surface area contributed by atoms with Gasteiger partial charge in [0.15, 0.2) is 5.41 Å². The number of nitrogens with zero attached hydrogens (tertiary/aromatic N) is 3. The van der Waals surface area contributed by atoms with Gasteiger partial charge < -0.3 is 4.74 Å². The Morgan fingerprint density at radius 1 is 1.47 bits per heavy atom. The number of carbonyl (C=O) groups excluding carboxylic acids is 1. The van der Waals surface area contributed by atoms with Crippen molar-refractivity contribution in [1.82, 2.24) is 10.2 Å². The van der Waals surface area contributed by atoms with Gasteiger partial charge in [-0.25, -0.2) is 4.79 Å². The van der Waals surface area contributed by atoms with Crippen LogP contribution in [-0.4, -0.2) is 22.8 Å². The van der Waals surface area contributed by atoms with Crippen molar-refractivity contribution >= 4 is 16.7 Å². The third-order valence-electron chi connectivity index (χ3n) is 2.95. The molecule has 1 heterocycles. The zero-order chi connectivity index (χ0) is 13.9. The van der Waals surface area contributed by atoms with Crippen LogP contribution in [0.25, 0.3) is 10.8 Å². The highest BCUT2D eigenvalue weighted by atomic mass is 16.5. The Morgan fingerprint density at radius 2 is 2.21 bits per heavy atom. The van der Waals surface area contributed by atoms with E-state index in [1.807, 2.05) is 30.3 Å². The van der Waals surface area contributed by atoms with Gasteiger partial charge in [-0.1, -0.05) is 24.3 Å². The van der Waals surface area contributed by atoms with Crippen LogP contribution in [0.2, 0.25) is 0 Å². The number of ether oxygens (including phenoxy) is 1. The summed E-state index contributed by atoms with van der Waals surface area (Å²) in [5.74, 6) is -0.608. The molecule has 0 radical (unpaired) electrons. The summed E-state index contributed by atoms with van der Waals surface area (Å²) >= 11 is 0. The number of nitriles is 1. The summed E-state index contributed by atoms with van der Waals surface area (Å²) in [4.78, 5) is 12.0. The Hall–Kier alpha value is -2.48. The lowest BCUT2D eigenvalue weighted by atomic mass is 9.86. The van der Waals surface area contributed by atoms with Crippen molar-refractivity contribution in [3.05, 3.63) is 36.2 Å². The molecule has 0 fully saturated rings. The fourth-order valence-electron chi connectivity index (χ4n) is 1.87. The molecule has 0 spiro atoms. The quantitative estimate of drug-likeness (QED) is 0.784. The zero-order valence-electron chi connectivity index (χ0n) is 10.8. The lowest BCUT2D eigenvalue weighted by molar-refractivity contribution is -0.147. The largest absolute Gasteiger partial charge is 0.465 e. The first kappa shape index (κ1) is 13.0. The van der Waals surface area contributed by atoms with E-state index in [0.717, 1.165) is 10.8 Å². The van der Waals surface area contributed by atoms with Crippen LogP contribution in [0.5, 0.6) is 0 Å². The molecule has 1 aromatic carbocycles. The van der Waals surface area contributed by atoms with E-state index in [9.17, 15) is 10.1 Å². The number of aromatic nitrogens is 2. The Labute approximate surface area is 110 Å². The van der Waals surface area contributed by atoms with E-state index in [1.165, 1.54) is 6.92 Å². The second-order valence-electron chi connectivity index (χ2n) is 4.24. The molecule has 2 aromatic rings. The lowest BCUT2D eigenvalue weighted by Crippen LogP contribution is -2.34. The van der Waals surface area contributed by atoms with Crippen LogP contribution in [0.4, 0.5) is 0 Å². The standard InChI is InChI=1S/C14H13N3O2/c1-3-19-13(18)14(2,9-15)12-11-7-5-4-6-10(11)8-16-17-12/h4-8H,3H2,1-2H3. The van der Waals surface area contributed by atoms with Crippen molar-refractivity contribution in [3.8, 4) is 6.07 Å². The molecule has 0 bridgehead atoms. The number of benzene rings is 1. The summed E-state index contributed by atoms with van der Waals surface area (Å²) in [6, 6.07) is 9.36. The summed E-state index contributed by atoms with van der Waals surface area (Å²) in [5, 5.41) is 18.8. The molecule has 19 heavy (non-hydrogen) atoms. The van der Waals surface area contributed by atoms with Crippen molar-refractivity contribution in [2.75, 3.05) is 6.61 Å². The average Bonchev–Trinajstić information content (AvgIpc) is 2.46. The minimum Gasteiger partial charge on any atom is -0.465 e. The van der Waals surface area contributed by atoms with E-state index < -0.39 is 11.4 Å². The monoisotopic (exact) mass is 255 g/mol. The highest BCUT2D eigenvalue weighted by molar-refractivity contribution is 5.93. The minimum atomic E-state index is -1.45. The fourth-order valence-corrected chi connectivity index (χ4v) is 1.87. The van der Waals surface area contributed by atoms with E-state index in [1.54, 1.807) is 13.1 Å². The Balaban J connectivity index is 2.65. The van der Waals surface area contributed by atoms with Crippen molar-refractivity contribution in [1.29, 1.82) is 5.26 Å². The molecular formula is C14H13N3O2. The van der Waals surface area contributed by atoms with Gasteiger partial charge in [-0.15, -0.1) is 0 Å². The van der Waals surface area contributed by atoms with E-state index in [4.69, 9.17) is 4.74 Å². The number of esters is 1. The summed E-state index contributed by atoms with van der Waals surface area (Å²) in [6.07, 6.45) is 1.60. The summed E-state index contributed by atoms with van der Waals surface area (Å²) in [7, 11) is 0. The van der Waals surface area contributed by atoms with Gasteiger partial charge in [0.05, 0.1) is 18.9 Å². The topological polar surface area (TPSA) is 75.9 Å². The molecule has 0 saturated heterocycles. The molecule has 1 atom stereocenters. The van der Waals surface area contributed by atoms with Gasteiger partial charge in [-0.3, -0.25) is 0 Å². The van der Waals surface area contributed by atoms with Crippen molar-refractivity contribution in [2.45, 2.75) is 19.3 Å². The van der Waals surface area contributed by atoms with Gasteiger partial charge in [0.25, 0.3) is 0 Å². The first-order valence-electron chi connectivity index (χ1n) is 5.93. The number of hydrogen-bond acceptors (Lipinski definition) is 5. The van der Waals surface area contributed by atoms with Crippen LogP contribution in [0.15, 0.2) is 30.5 Å². The molecule has 2 rings (SSSR count). The maximum Gasteiger partial charge on any atom is 0.332 e. The normalized spacial score (nSPS) is 13.5. The summed E-state index contributed by atoms with van der Waals surface area (Å²) in [6.45, 7) is 3.42. The third kappa shape index (κ3) is 2.13. The number of rotatable bonds is 3. The van der Waals surface area contributed by atoms with Gasteiger partial charge in [0, 0.05) is 10.8 Å². The van der Waals surface area contributed by atoms with Crippen LogP contribution in [0.3, 0.4) is 0 Å². The maximum absolute atomic E-state index is 12.0. The first-order chi connectivity index (χ1) is 9.13. The molecule has 1 unspecified atom stereocenters. The van der Waals surface area contributed by atoms with Crippen molar-refractivity contribution in [3.63, 3.8) is 0 Å². The van der Waals surface area contributed by atoms with Gasteiger partial charge in [-0.2, -0.15) is 15.5 Å². The lowest BCUT2D eigenvalue weighted by Gasteiger charge is -2.19. The van der Waals surface area contributed by atoms with Gasteiger partial charge in [-0.05, 0) is 13.8 Å². The summed E-state index contributed by atoms with van der Waals surface area (Å²) < 4.78 is 4.97. The molecule has 0 amide bonds. The van der Waals surface area contributed by atoms with Crippen molar-refractivity contribution in [2.24, 2.45) is 0 Å². The predicted molar refractivity (Wildman–Crippen MR) is 69.1 cm³/mol. The maximum atomic E-state index is 12.0. The zero-order valence-corrected chi connectivity index (χ0v) is 10.8. The van der Waals surface area contributed by atoms with Gasteiger partial charge >= 0.3 is 5.97 Å². The van der Waals surface area contributed by atoms with Crippen molar-refractivity contribution < 1.29 is 9.53 Å². The highest BCUT2D eigenvalue weighted by Gasteiger charge is 2.40. The Kier molecular flexibility index (Phi) is 3.43. The fraction of sp³-hybridized carbons (Fsp3) is 0.286. The smallest absolute Gasteiger partial charge is 0.332 e. The second-order valence-corrected chi connectivity index (χ2v) is 4.24. The third-order valence-corrected chi connectivity index (χ3v) is 2.95. The molecule has 0 aliphatic rings. The number of carbonyl (C=O) groups is 1.